The van der Waals surface area contributed by atoms with Crippen LogP contribution < -0.4 is 10.0 Å². The molecule has 0 aliphatic rings. The molecule has 0 aliphatic heterocycles. The third kappa shape index (κ3) is 4.44. The normalized spacial score (nSPS) is 13.3. The number of nitrogens with one attached hydrogen (secondary N) is 2. The molecule has 0 amide bonds. The minimum atomic E-state index is -3.48. The zero-order chi connectivity index (χ0) is 13.6. The van der Waals surface area contributed by atoms with Crippen molar-refractivity contribution in [3.63, 3.8) is 0 Å². The molecule has 5 nitrogen and oxygen atoms in total. The summed E-state index contributed by atoms with van der Waals surface area (Å²) in [7, 11) is -3.48. The van der Waals surface area contributed by atoms with Crippen LogP contribution in [0.2, 0.25) is 5.02 Å². The quantitative estimate of drug-likeness (QED) is 0.752. The van der Waals surface area contributed by atoms with Gasteiger partial charge in [-0.3, -0.25) is 4.72 Å². The molecule has 2 N–H and O–H groups in total. The fourth-order valence-electron chi connectivity index (χ4n) is 1.29. The van der Waals surface area contributed by atoms with Crippen molar-refractivity contribution in [2.24, 2.45) is 0 Å². The molecule has 1 heterocycles. The summed E-state index contributed by atoms with van der Waals surface area (Å²) in [5.74, 6) is 0.168. The molecule has 7 heteroatoms. The smallest absolute Gasteiger partial charge is 0.237 e. The van der Waals surface area contributed by atoms with Crippen LogP contribution in [0.15, 0.2) is 18.3 Å². The van der Waals surface area contributed by atoms with Crippen molar-refractivity contribution in [3.8, 4) is 0 Å². The molecule has 1 aromatic heterocycles. The van der Waals surface area contributed by atoms with Gasteiger partial charge in [-0.1, -0.05) is 18.5 Å². The number of hydrogen-bond acceptors (Lipinski definition) is 4. The van der Waals surface area contributed by atoms with E-state index in [0.717, 1.165) is 13.0 Å². The highest BCUT2D eigenvalue weighted by molar-refractivity contribution is 7.93. The molecule has 1 aromatic rings. The Morgan fingerprint density at radius 1 is 1.50 bits per heavy atom. The van der Waals surface area contributed by atoms with Crippen molar-refractivity contribution in [1.82, 2.24) is 10.3 Å². The first-order valence-electron chi connectivity index (χ1n) is 5.80. The Morgan fingerprint density at radius 3 is 2.83 bits per heavy atom. The van der Waals surface area contributed by atoms with E-state index in [-0.39, 0.29) is 10.8 Å². The van der Waals surface area contributed by atoms with E-state index in [1.165, 1.54) is 6.20 Å². The zero-order valence-electron chi connectivity index (χ0n) is 10.5. The van der Waals surface area contributed by atoms with Gasteiger partial charge in [-0.15, -0.1) is 0 Å². The second-order valence-corrected chi connectivity index (χ2v) is 6.50. The third-order valence-corrected chi connectivity index (χ3v) is 4.39. The van der Waals surface area contributed by atoms with Crippen LogP contribution in [0.3, 0.4) is 0 Å². The summed E-state index contributed by atoms with van der Waals surface area (Å²) in [4.78, 5) is 3.90. The van der Waals surface area contributed by atoms with E-state index in [9.17, 15) is 8.42 Å². The van der Waals surface area contributed by atoms with Gasteiger partial charge in [-0.05, 0) is 32.0 Å². The van der Waals surface area contributed by atoms with E-state index in [1.807, 2.05) is 6.92 Å². The van der Waals surface area contributed by atoms with Crippen molar-refractivity contribution >= 4 is 27.4 Å². The van der Waals surface area contributed by atoms with Gasteiger partial charge in [0.15, 0.2) is 5.82 Å². The maximum atomic E-state index is 12.0. The topological polar surface area (TPSA) is 71.1 Å². The standard InChI is InChI=1S/C11H18ClN3O2S/c1-3-6-13-8-9(2)18(16,17)15-11-10(12)5-4-7-14-11/h4-5,7,9,13H,3,6,8H2,1-2H3,(H,14,15). The van der Waals surface area contributed by atoms with Gasteiger partial charge >= 0.3 is 0 Å². The second-order valence-electron chi connectivity index (χ2n) is 4.00. The van der Waals surface area contributed by atoms with E-state index in [2.05, 4.69) is 15.0 Å². The maximum absolute atomic E-state index is 12.0. The molecule has 1 unspecified atom stereocenters. The lowest BCUT2D eigenvalue weighted by Crippen LogP contribution is -2.35. The third-order valence-electron chi connectivity index (χ3n) is 2.39. The number of halogens is 1. The summed E-state index contributed by atoms with van der Waals surface area (Å²) in [5, 5.41) is 2.80. The van der Waals surface area contributed by atoms with Crippen molar-refractivity contribution in [1.29, 1.82) is 0 Å². The van der Waals surface area contributed by atoms with Crippen molar-refractivity contribution in [2.75, 3.05) is 17.8 Å². The Kier molecular flexibility index (Phi) is 5.84. The summed E-state index contributed by atoms with van der Waals surface area (Å²) in [5.41, 5.74) is 0. The molecule has 102 valence electrons. The first-order chi connectivity index (χ1) is 8.47. The van der Waals surface area contributed by atoms with Crippen LogP contribution in [0.1, 0.15) is 20.3 Å². The van der Waals surface area contributed by atoms with Gasteiger partial charge in [0.1, 0.15) is 0 Å². The SMILES string of the molecule is CCCNCC(C)S(=O)(=O)Nc1ncccc1Cl. The van der Waals surface area contributed by atoms with Gasteiger partial charge < -0.3 is 5.32 Å². The number of sulfonamides is 1. The van der Waals surface area contributed by atoms with Crippen LogP contribution in [0, 0.1) is 0 Å². The highest BCUT2D eigenvalue weighted by Crippen LogP contribution is 2.19. The van der Waals surface area contributed by atoms with Crippen LogP contribution in [0.5, 0.6) is 0 Å². The van der Waals surface area contributed by atoms with E-state index in [1.54, 1.807) is 19.1 Å². The maximum Gasteiger partial charge on any atom is 0.237 e. The summed E-state index contributed by atoms with van der Waals surface area (Å²) in [6.45, 7) is 4.86. The van der Waals surface area contributed by atoms with E-state index >= 15 is 0 Å². The van der Waals surface area contributed by atoms with Gasteiger partial charge in [0.05, 0.1) is 10.3 Å². The molecular formula is C11H18ClN3O2S. The van der Waals surface area contributed by atoms with Gasteiger partial charge in [0.2, 0.25) is 10.0 Å². The molecule has 1 rings (SSSR count). The molecular weight excluding hydrogens is 274 g/mol. The number of hydrogen-bond donors (Lipinski definition) is 2. The van der Waals surface area contributed by atoms with Crippen molar-refractivity contribution < 1.29 is 8.42 Å². The molecule has 0 aliphatic carbocycles. The lowest BCUT2D eigenvalue weighted by atomic mass is 10.4. The highest BCUT2D eigenvalue weighted by atomic mass is 35.5. The fraction of sp³-hybridized carbons (Fsp3) is 0.545. The monoisotopic (exact) mass is 291 g/mol. The minimum absolute atomic E-state index is 0.168. The minimum Gasteiger partial charge on any atom is -0.315 e. The molecule has 1 atom stereocenters. The summed E-state index contributed by atoms with van der Waals surface area (Å²) in [6.07, 6.45) is 2.45. The van der Waals surface area contributed by atoms with Crippen LogP contribution >= 0.6 is 11.6 Å². The number of anilines is 1. The Morgan fingerprint density at radius 2 is 2.22 bits per heavy atom. The Bertz CT molecular complexity index is 479. The van der Waals surface area contributed by atoms with Crippen molar-refractivity contribution in [2.45, 2.75) is 25.5 Å². The first-order valence-corrected chi connectivity index (χ1v) is 7.72. The van der Waals surface area contributed by atoms with Gasteiger partial charge in [0.25, 0.3) is 0 Å². The predicted molar refractivity (Wildman–Crippen MR) is 74.4 cm³/mol. The summed E-state index contributed by atoms with van der Waals surface area (Å²) in [6, 6.07) is 3.23. The molecule has 0 saturated carbocycles. The van der Waals surface area contributed by atoms with Crippen LogP contribution in [0.25, 0.3) is 0 Å². The molecule has 18 heavy (non-hydrogen) atoms. The van der Waals surface area contributed by atoms with Gasteiger partial charge in [0, 0.05) is 12.7 Å². The average Bonchev–Trinajstić information content (AvgIpc) is 2.32. The molecule has 0 radical (unpaired) electrons. The molecule has 0 aromatic carbocycles. The number of rotatable bonds is 7. The zero-order valence-corrected chi connectivity index (χ0v) is 12.1. The lowest BCUT2D eigenvalue weighted by molar-refractivity contribution is 0.575. The summed E-state index contributed by atoms with van der Waals surface area (Å²) >= 11 is 5.86. The van der Waals surface area contributed by atoms with Gasteiger partial charge in [-0.25, -0.2) is 13.4 Å². The van der Waals surface area contributed by atoms with Crippen LogP contribution in [-0.2, 0) is 10.0 Å². The van der Waals surface area contributed by atoms with Gasteiger partial charge in [-0.2, -0.15) is 0 Å². The fourth-order valence-corrected chi connectivity index (χ4v) is 2.48. The Balaban J connectivity index is 2.67. The van der Waals surface area contributed by atoms with Crippen molar-refractivity contribution in [3.05, 3.63) is 23.4 Å². The molecule has 0 bridgehead atoms. The van der Waals surface area contributed by atoms with Crippen LogP contribution in [-0.4, -0.2) is 31.7 Å². The number of pyridine rings is 1. The van der Waals surface area contributed by atoms with E-state index in [0.29, 0.717) is 6.54 Å². The molecule has 0 saturated heterocycles. The number of nitrogens with zero attached hydrogens (tertiary/aromatic N) is 1. The molecule has 0 spiro atoms. The Labute approximate surface area is 113 Å². The summed E-state index contributed by atoms with van der Waals surface area (Å²) < 4.78 is 26.4. The largest absolute Gasteiger partial charge is 0.315 e. The van der Waals surface area contributed by atoms with E-state index in [4.69, 9.17) is 11.6 Å². The highest BCUT2D eigenvalue weighted by Gasteiger charge is 2.21. The second kappa shape index (κ2) is 6.92. The number of aromatic nitrogens is 1. The lowest BCUT2D eigenvalue weighted by Gasteiger charge is -2.15. The molecule has 0 fully saturated rings. The van der Waals surface area contributed by atoms with Crippen LogP contribution in [0.4, 0.5) is 5.82 Å². The van der Waals surface area contributed by atoms with E-state index < -0.39 is 15.3 Å². The first kappa shape index (κ1) is 15.2. The average molecular weight is 292 g/mol. The Hall–Kier alpha value is -0.850. The predicted octanol–water partition coefficient (Wildman–Crippen LogP) is 1.86.